The number of hydrogen-bond donors (Lipinski definition) is 1. The second kappa shape index (κ2) is 8.14. The van der Waals surface area contributed by atoms with Crippen molar-refractivity contribution in [3.05, 3.63) is 65.2 Å². The van der Waals surface area contributed by atoms with Crippen LogP contribution in [0.4, 0.5) is 4.79 Å². The summed E-state index contributed by atoms with van der Waals surface area (Å²) in [5, 5.41) is 3.56. The van der Waals surface area contributed by atoms with E-state index < -0.39 is 5.54 Å². The fraction of sp³-hybridized carbons (Fsp3) is 0.300. The minimum absolute atomic E-state index is 0.143. The lowest BCUT2D eigenvalue weighted by Gasteiger charge is -2.21. The summed E-state index contributed by atoms with van der Waals surface area (Å²) in [6.07, 6.45) is 1.33. The number of benzene rings is 2. The molecule has 1 fully saturated rings. The van der Waals surface area contributed by atoms with Gasteiger partial charge in [-0.25, -0.2) is 4.79 Å². The molecule has 0 aromatic heterocycles. The molecule has 1 aliphatic rings. The molecule has 6 heteroatoms. The molecule has 1 heterocycles. The molecule has 0 radical (unpaired) electrons. The van der Waals surface area contributed by atoms with Crippen molar-refractivity contribution < 1.29 is 9.59 Å². The van der Waals surface area contributed by atoms with Crippen LogP contribution in [0.2, 0.25) is 5.02 Å². The minimum atomic E-state index is -0.835. The Kier molecular flexibility index (Phi) is 5.89. The Morgan fingerprint density at radius 3 is 2.46 bits per heavy atom. The average molecular weight is 389 g/mol. The molecular formula is C20H21ClN2O2S. The zero-order valence-electron chi connectivity index (χ0n) is 14.6. The summed E-state index contributed by atoms with van der Waals surface area (Å²) in [5.41, 5.74) is 0.324. The first kappa shape index (κ1) is 18.8. The summed E-state index contributed by atoms with van der Waals surface area (Å²) in [6, 6.07) is 17.2. The molecule has 0 spiro atoms. The van der Waals surface area contributed by atoms with Gasteiger partial charge >= 0.3 is 6.03 Å². The SMILES string of the molecule is C[C@@]1(CCc2ccccc2)NC(=O)N(CCSc2ccc(Cl)cc2)C1=O. The van der Waals surface area contributed by atoms with E-state index in [1.807, 2.05) is 61.5 Å². The lowest BCUT2D eigenvalue weighted by molar-refractivity contribution is -0.130. The van der Waals surface area contributed by atoms with Gasteiger partial charge in [-0.1, -0.05) is 41.9 Å². The van der Waals surface area contributed by atoms with E-state index in [1.54, 1.807) is 11.8 Å². The Labute approximate surface area is 162 Å². The summed E-state index contributed by atoms with van der Waals surface area (Å²) in [7, 11) is 0. The molecule has 3 rings (SSSR count). The third-order valence-corrected chi connectivity index (χ3v) is 5.74. The second-order valence-corrected chi connectivity index (χ2v) is 8.11. The van der Waals surface area contributed by atoms with Crippen LogP contribution in [0.25, 0.3) is 0 Å². The topological polar surface area (TPSA) is 49.4 Å². The maximum Gasteiger partial charge on any atom is 0.325 e. The second-order valence-electron chi connectivity index (χ2n) is 6.51. The highest BCUT2D eigenvalue weighted by Crippen LogP contribution is 2.25. The van der Waals surface area contributed by atoms with Gasteiger partial charge in [0.1, 0.15) is 5.54 Å². The fourth-order valence-corrected chi connectivity index (χ4v) is 3.91. The van der Waals surface area contributed by atoms with Crippen molar-refractivity contribution in [3.63, 3.8) is 0 Å². The van der Waals surface area contributed by atoms with E-state index in [0.29, 0.717) is 23.7 Å². The number of hydrogen-bond acceptors (Lipinski definition) is 3. The first-order valence-electron chi connectivity index (χ1n) is 8.54. The maximum absolute atomic E-state index is 12.8. The largest absolute Gasteiger partial charge is 0.325 e. The van der Waals surface area contributed by atoms with E-state index in [1.165, 1.54) is 4.90 Å². The number of thioether (sulfide) groups is 1. The Morgan fingerprint density at radius 2 is 1.77 bits per heavy atom. The molecule has 0 bridgehead atoms. The molecule has 1 saturated heterocycles. The van der Waals surface area contributed by atoms with E-state index in [-0.39, 0.29) is 11.9 Å². The molecule has 2 aromatic carbocycles. The molecule has 26 heavy (non-hydrogen) atoms. The first-order chi connectivity index (χ1) is 12.5. The molecule has 0 saturated carbocycles. The zero-order valence-corrected chi connectivity index (χ0v) is 16.1. The van der Waals surface area contributed by atoms with Gasteiger partial charge < -0.3 is 5.32 Å². The Hall–Kier alpha value is -1.98. The first-order valence-corrected chi connectivity index (χ1v) is 9.91. The highest BCUT2D eigenvalue weighted by Gasteiger charge is 2.46. The Bertz CT molecular complexity index is 782. The van der Waals surface area contributed by atoms with Gasteiger partial charge in [-0.05, 0) is 49.6 Å². The number of rotatable bonds is 7. The van der Waals surface area contributed by atoms with Crippen LogP contribution in [0.15, 0.2) is 59.5 Å². The molecule has 1 atom stereocenters. The van der Waals surface area contributed by atoms with Gasteiger partial charge in [-0.2, -0.15) is 0 Å². The van der Waals surface area contributed by atoms with Crippen LogP contribution in [0.3, 0.4) is 0 Å². The number of halogens is 1. The highest BCUT2D eigenvalue weighted by molar-refractivity contribution is 7.99. The van der Waals surface area contributed by atoms with E-state index in [0.717, 1.165) is 16.9 Å². The molecule has 1 N–H and O–H groups in total. The van der Waals surface area contributed by atoms with Crippen LogP contribution in [0.5, 0.6) is 0 Å². The molecule has 0 unspecified atom stereocenters. The number of nitrogens with one attached hydrogen (secondary N) is 1. The van der Waals surface area contributed by atoms with Crippen molar-refractivity contribution in [2.24, 2.45) is 0 Å². The van der Waals surface area contributed by atoms with Crippen molar-refractivity contribution in [3.8, 4) is 0 Å². The molecule has 4 nitrogen and oxygen atoms in total. The van der Waals surface area contributed by atoms with Gasteiger partial charge in [0.25, 0.3) is 5.91 Å². The summed E-state index contributed by atoms with van der Waals surface area (Å²) in [4.78, 5) is 27.4. The molecule has 3 amide bonds. The van der Waals surface area contributed by atoms with Gasteiger partial charge in [0, 0.05) is 22.2 Å². The quantitative estimate of drug-likeness (QED) is 0.565. The van der Waals surface area contributed by atoms with E-state index in [2.05, 4.69) is 5.32 Å². The van der Waals surface area contributed by atoms with Crippen molar-refractivity contribution in [2.75, 3.05) is 12.3 Å². The standard InChI is InChI=1S/C20H21ClN2O2S/c1-20(12-11-15-5-3-2-4-6-15)18(24)23(19(25)22-20)13-14-26-17-9-7-16(21)8-10-17/h2-10H,11-14H2,1H3,(H,22,25)/t20-/m0/s1. The maximum atomic E-state index is 12.8. The van der Waals surface area contributed by atoms with E-state index in [4.69, 9.17) is 11.6 Å². The fourth-order valence-electron chi connectivity index (χ4n) is 2.94. The van der Waals surface area contributed by atoms with Crippen LogP contribution >= 0.6 is 23.4 Å². The molecule has 1 aliphatic heterocycles. The molecule has 136 valence electrons. The average Bonchev–Trinajstić information content (AvgIpc) is 2.86. The number of aryl methyl sites for hydroxylation is 1. The van der Waals surface area contributed by atoms with Crippen LogP contribution in [0, 0.1) is 0 Å². The lowest BCUT2D eigenvalue weighted by atomic mass is 9.93. The number of carbonyl (C=O) groups excluding carboxylic acids is 2. The monoisotopic (exact) mass is 388 g/mol. The summed E-state index contributed by atoms with van der Waals surface area (Å²) in [5.74, 6) is 0.505. The van der Waals surface area contributed by atoms with Gasteiger partial charge in [-0.15, -0.1) is 11.8 Å². The number of urea groups is 1. The van der Waals surface area contributed by atoms with E-state index >= 15 is 0 Å². The summed E-state index contributed by atoms with van der Waals surface area (Å²) >= 11 is 7.48. The van der Waals surface area contributed by atoms with Crippen molar-refractivity contribution in [2.45, 2.75) is 30.2 Å². The van der Waals surface area contributed by atoms with Gasteiger partial charge in [0.2, 0.25) is 0 Å². The summed E-state index contributed by atoms with van der Waals surface area (Å²) in [6.45, 7) is 2.20. The normalized spacial score (nSPS) is 19.7. The summed E-state index contributed by atoms with van der Waals surface area (Å²) < 4.78 is 0. The van der Waals surface area contributed by atoms with Gasteiger partial charge in [-0.3, -0.25) is 9.69 Å². The third-order valence-electron chi connectivity index (χ3n) is 4.50. The molecular weight excluding hydrogens is 368 g/mol. The number of carbonyl (C=O) groups is 2. The zero-order chi connectivity index (χ0) is 18.6. The van der Waals surface area contributed by atoms with Gasteiger partial charge in [0.15, 0.2) is 0 Å². The van der Waals surface area contributed by atoms with Crippen molar-refractivity contribution in [1.82, 2.24) is 10.2 Å². The third kappa shape index (κ3) is 4.40. The van der Waals surface area contributed by atoms with E-state index in [9.17, 15) is 9.59 Å². The van der Waals surface area contributed by atoms with Crippen LogP contribution < -0.4 is 5.32 Å². The Balaban J connectivity index is 1.54. The predicted octanol–water partition coefficient (Wildman–Crippen LogP) is 4.38. The molecule has 2 aromatic rings. The van der Waals surface area contributed by atoms with Gasteiger partial charge in [0.05, 0.1) is 0 Å². The number of imide groups is 1. The predicted molar refractivity (Wildman–Crippen MR) is 106 cm³/mol. The van der Waals surface area contributed by atoms with Crippen molar-refractivity contribution in [1.29, 1.82) is 0 Å². The van der Waals surface area contributed by atoms with Crippen LogP contribution in [-0.4, -0.2) is 34.7 Å². The van der Waals surface area contributed by atoms with Crippen LogP contribution in [0.1, 0.15) is 18.9 Å². The minimum Gasteiger partial charge on any atom is -0.323 e. The number of amides is 3. The molecule has 0 aliphatic carbocycles. The highest BCUT2D eigenvalue weighted by atomic mass is 35.5. The van der Waals surface area contributed by atoms with Crippen molar-refractivity contribution >= 4 is 35.3 Å². The lowest BCUT2D eigenvalue weighted by Crippen LogP contribution is -2.44. The number of nitrogens with zero attached hydrogens (tertiary/aromatic N) is 1. The smallest absolute Gasteiger partial charge is 0.323 e. The Morgan fingerprint density at radius 1 is 1.08 bits per heavy atom. The van der Waals surface area contributed by atoms with Crippen LogP contribution in [-0.2, 0) is 11.2 Å².